The number of fused-ring (bicyclic) bond motifs is 1. The highest BCUT2D eigenvalue weighted by Crippen LogP contribution is 2.27. The molecule has 0 radical (unpaired) electrons. The van der Waals surface area contributed by atoms with Gasteiger partial charge in [0.15, 0.2) is 0 Å². The van der Waals surface area contributed by atoms with E-state index in [1.54, 1.807) is 0 Å². The van der Waals surface area contributed by atoms with Crippen LogP contribution in [-0.4, -0.2) is 26.4 Å². The summed E-state index contributed by atoms with van der Waals surface area (Å²) in [7, 11) is 0. The Bertz CT molecular complexity index is 1060. The number of halogens is 1. The molecule has 3 aromatic rings. The number of aromatic nitrogens is 3. The summed E-state index contributed by atoms with van der Waals surface area (Å²) < 4.78 is 1.05. The molecule has 5 nitrogen and oxygen atoms in total. The fourth-order valence-electron chi connectivity index (χ4n) is 3.64. The van der Waals surface area contributed by atoms with Gasteiger partial charge in [0.2, 0.25) is 0 Å². The topological polar surface area (TPSA) is 61.9 Å². The Morgan fingerprint density at radius 1 is 1.29 bits per heavy atom. The number of nitrogens with zero attached hydrogens (tertiary/aromatic N) is 3. The molecule has 0 unspecified atom stereocenters. The van der Waals surface area contributed by atoms with Gasteiger partial charge in [0.05, 0.1) is 11.3 Å². The summed E-state index contributed by atoms with van der Waals surface area (Å²) in [5.41, 5.74) is 5.23. The van der Waals surface area contributed by atoms with Crippen molar-refractivity contribution in [1.82, 2.24) is 19.9 Å². The zero-order valence-electron chi connectivity index (χ0n) is 16.1. The lowest BCUT2D eigenvalue weighted by molar-refractivity contribution is 0.241. The molecule has 0 saturated carbocycles. The van der Waals surface area contributed by atoms with Gasteiger partial charge in [-0.25, -0.2) is 4.98 Å². The molecule has 1 N–H and O–H groups in total. The van der Waals surface area contributed by atoms with Crippen molar-refractivity contribution in [1.29, 1.82) is 0 Å². The van der Waals surface area contributed by atoms with E-state index in [4.69, 9.17) is 4.98 Å². The number of H-pyrrole nitrogens is 1. The van der Waals surface area contributed by atoms with Crippen LogP contribution in [0.2, 0.25) is 0 Å². The van der Waals surface area contributed by atoms with E-state index in [1.807, 2.05) is 38.4 Å². The van der Waals surface area contributed by atoms with Crippen LogP contribution in [0.3, 0.4) is 0 Å². The van der Waals surface area contributed by atoms with Crippen LogP contribution in [0.1, 0.15) is 42.4 Å². The first-order chi connectivity index (χ1) is 13.5. The highest BCUT2D eigenvalue weighted by atomic mass is 79.9. The van der Waals surface area contributed by atoms with Crippen LogP contribution in [0.15, 0.2) is 52.0 Å². The molecule has 0 fully saturated rings. The number of pyridine rings is 1. The van der Waals surface area contributed by atoms with Gasteiger partial charge in [-0.05, 0) is 34.9 Å². The number of benzene rings is 1. The molecule has 1 aromatic carbocycles. The van der Waals surface area contributed by atoms with Gasteiger partial charge in [0, 0.05) is 48.8 Å². The fourth-order valence-corrected chi connectivity index (χ4v) is 4.04. The number of hydrogen-bond acceptors (Lipinski definition) is 4. The summed E-state index contributed by atoms with van der Waals surface area (Å²) in [6.45, 7) is 6.34. The lowest BCUT2D eigenvalue weighted by Gasteiger charge is -2.28. The van der Waals surface area contributed by atoms with Crippen molar-refractivity contribution in [2.75, 3.05) is 6.54 Å². The van der Waals surface area contributed by atoms with Gasteiger partial charge in [-0.15, -0.1) is 0 Å². The summed E-state index contributed by atoms with van der Waals surface area (Å²) in [6.07, 6.45) is 4.55. The van der Waals surface area contributed by atoms with E-state index >= 15 is 0 Å². The summed E-state index contributed by atoms with van der Waals surface area (Å²) in [6, 6.07) is 10.3. The highest BCUT2D eigenvalue weighted by Gasteiger charge is 2.22. The Hall–Kier alpha value is -2.31. The maximum absolute atomic E-state index is 12.6. The van der Waals surface area contributed by atoms with E-state index in [1.165, 1.54) is 5.56 Å². The third kappa shape index (κ3) is 3.93. The highest BCUT2D eigenvalue weighted by molar-refractivity contribution is 9.10. The quantitative estimate of drug-likeness (QED) is 0.660. The number of nitrogens with one attached hydrogen (secondary N) is 1. The van der Waals surface area contributed by atoms with E-state index in [2.05, 4.69) is 49.0 Å². The molecule has 1 aliphatic heterocycles. The molecule has 0 spiro atoms. The Morgan fingerprint density at radius 3 is 2.93 bits per heavy atom. The molecular weight excluding hydrogens is 416 g/mol. The normalized spacial score (nSPS) is 14.3. The molecule has 3 heterocycles. The minimum atomic E-state index is -0.00296. The van der Waals surface area contributed by atoms with Crippen molar-refractivity contribution in [3.63, 3.8) is 0 Å². The third-order valence-electron chi connectivity index (χ3n) is 5.15. The molecule has 1 aliphatic rings. The molecule has 144 valence electrons. The van der Waals surface area contributed by atoms with Crippen LogP contribution >= 0.6 is 15.9 Å². The van der Waals surface area contributed by atoms with Crippen LogP contribution in [0.4, 0.5) is 0 Å². The van der Waals surface area contributed by atoms with Crippen molar-refractivity contribution in [2.45, 2.75) is 39.3 Å². The molecule has 0 saturated heterocycles. The SMILES string of the molecule is CC(C)c1nc2c(c(=O)[nH]1)CN(Cc1cnccc1-c1cccc(Br)c1)CC2. The van der Waals surface area contributed by atoms with Crippen LogP contribution in [0, 0.1) is 0 Å². The zero-order chi connectivity index (χ0) is 19.7. The lowest BCUT2D eigenvalue weighted by Crippen LogP contribution is -2.36. The van der Waals surface area contributed by atoms with Gasteiger partial charge in [0.1, 0.15) is 5.82 Å². The van der Waals surface area contributed by atoms with Crippen molar-refractivity contribution >= 4 is 15.9 Å². The third-order valence-corrected chi connectivity index (χ3v) is 5.64. The standard InChI is InChI=1S/C22H23BrN4O/c1-14(2)21-25-20-7-9-27(13-19(20)22(28)26-21)12-16-11-24-8-6-18(16)15-4-3-5-17(23)10-15/h3-6,8,10-11,14H,7,9,12-13H2,1-2H3,(H,25,26,28). The summed E-state index contributed by atoms with van der Waals surface area (Å²) in [4.78, 5) is 26.8. The van der Waals surface area contributed by atoms with Crippen molar-refractivity contribution in [2.24, 2.45) is 0 Å². The molecule has 28 heavy (non-hydrogen) atoms. The lowest BCUT2D eigenvalue weighted by atomic mass is 10.00. The van der Waals surface area contributed by atoms with Crippen molar-refractivity contribution in [3.8, 4) is 11.1 Å². The van der Waals surface area contributed by atoms with Crippen LogP contribution in [0.25, 0.3) is 11.1 Å². The minimum absolute atomic E-state index is 0.00296. The van der Waals surface area contributed by atoms with Crippen LogP contribution < -0.4 is 5.56 Å². The molecule has 2 aromatic heterocycles. The molecule has 0 amide bonds. The summed E-state index contributed by atoms with van der Waals surface area (Å²) in [5, 5.41) is 0. The van der Waals surface area contributed by atoms with Gasteiger partial charge in [-0.1, -0.05) is 41.9 Å². The van der Waals surface area contributed by atoms with Gasteiger partial charge < -0.3 is 4.98 Å². The number of hydrogen-bond donors (Lipinski definition) is 1. The monoisotopic (exact) mass is 438 g/mol. The van der Waals surface area contributed by atoms with Crippen molar-refractivity contribution in [3.05, 3.63) is 80.2 Å². The molecule has 0 aliphatic carbocycles. The van der Waals surface area contributed by atoms with E-state index in [0.717, 1.165) is 52.2 Å². The maximum atomic E-state index is 12.6. The predicted octanol–water partition coefficient (Wildman–Crippen LogP) is 4.28. The van der Waals surface area contributed by atoms with E-state index in [9.17, 15) is 4.79 Å². The largest absolute Gasteiger partial charge is 0.310 e. The Kier molecular flexibility index (Phi) is 5.42. The van der Waals surface area contributed by atoms with E-state index < -0.39 is 0 Å². The van der Waals surface area contributed by atoms with Gasteiger partial charge in [0.25, 0.3) is 5.56 Å². The van der Waals surface area contributed by atoms with Crippen LogP contribution in [0.5, 0.6) is 0 Å². The van der Waals surface area contributed by atoms with Gasteiger partial charge >= 0.3 is 0 Å². The van der Waals surface area contributed by atoms with E-state index in [-0.39, 0.29) is 11.5 Å². The average Bonchev–Trinajstić information content (AvgIpc) is 2.68. The molecule has 4 rings (SSSR count). The second-order valence-corrected chi connectivity index (χ2v) is 8.45. The Morgan fingerprint density at radius 2 is 2.14 bits per heavy atom. The summed E-state index contributed by atoms with van der Waals surface area (Å²) >= 11 is 3.55. The Balaban J connectivity index is 1.60. The van der Waals surface area contributed by atoms with E-state index in [0.29, 0.717) is 6.54 Å². The zero-order valence-corrected chi connectivity index (χ0v) is 17.7. The molecule has 6 heteroatoms. The first kappa shape index (κ1) is 19.0. The fraction of sp³-hybridized carbons (Fsp3) is 0.318. The first-order valence-electron chi connectivity index (χ1n) is 9.54. The molecular formula is C22H23BrN4O. The molecule has 0 bridgehead atoms. The van der Waals surface area contributed by atoms with Crippen molar-refractivity contribution < 1.29 is 0 Å². The predicted molar refractivity (Wildman–Crippen MR) is 114 cm³/mol. The smallest absolute Gasteiger partial charge is 0.255 e. The van der Waals surface area contributed by atoms with Crippen LogP contribution in [-0.2, 0) is 19.5 Å². The molecule has 0 atom stereocenters. The number of aromatic amines is 1. The minimum Gasteiger partial charge on any atom is -0.310 e. The maximum Gasteiger partial charge on any atom is 0.255 e. The average molecular weight is 439 g/mol. The van der Waals surface area contributed by atoms with Gasteiger partial charge in [-0.3, -0.25) is 14.7 Å². The second-order valence-electron chi connectivity index (χ2n) is 7.53. The number of rotatable bonds is 4. The second kappa shape index (κ2) is 7.97. The Labute approximate surface area is 173 Å². The summed E-state index contributed by atoms with van der Waals surface area (Å²) in [5.74, 6) is 1.00. The van der Waals surface area contributed by atoms with Gasteiger partial charge in [-0.2, -0.15) is 0 Å². The first-order valence-corrected chi connectivity index (χ1v) is 10.3.